The zero-order valence-corrected chi connectivity index (χ0v) is 10.7. The van der Waals surface area contributed by atoms with Gasteiger partial charge in [0.1, 0.15) is 5.76 Å². The van der Waals surface area contributed by atoms with Gasteiger partial charge in [-0.25, -0.2) is 0 Å². The summed E-state index contributed by atoms with van der Waals surface area (Å²) in [5.74, 6) is 0.391. The number of aliphatic hydroxyl groups excluding tert-OH is 1. The minimum absolute atomic E-state index is 0.0187. The molecule has 0 bridgehead atoms. The van der Waals surface area contributed by atoms with Crippen LogP contribution in [0.1, 0.15) is 26.2 Å². The normalized spacial score (nSPS) is 18.3. The summed E-state index contributed by atoms with van der Waals surface area (Å²) in [5.41, 5.74) is 0.616. The van der Waals surface area contributed by atoms with Gasteiger partial charge in [0.2, 0.25) is 0 Å². The van der Waals surface area contributed by atoms with Crippen LogP contribution >= 0.6 is 11.8 Å². The van der Waals surface area contributed by atoms with Crippen LogP contribution in [0.2, 0.25) is 0 Å². The van der Waals surface area contributed by atoms with Crippen LogP contribution in [-0.4, -0.2) is 16.1 Å². The molecule has 90 valence electrons. The molecule has 0 spiro atoms. The Kier molecular flexibility index (Phi) is 3.89. The minimum atomic E-state index is 0.0187. The van der Waals surface area contributed by atoms with Crippen molar-refractivity contribution in [2.75, 3.05) is 0 Å². The van der Waals surface area contributed by atoms with Crippen LogP contribution < -0.4 is 0 Å². The Balaban J connectivity index is 2.15. The lowest BCUT2D eigenvalue weighted by molar-refractivity contribution is -0.116. The maximum atomic E-state index is 11.8. The molecule has 1 aliphatic carbocycles. The van der Waals surface area contributed by atoms with Crippen LogP contribution in [0.3, 0.4) is 0 Å². The van der Waals surface area contributed by atoms with E-state index in [1.54, 1.807) is 11.8 Å². The van der Waals surface area contributed by atoms with Crippen LogP contribution in [-0.2, 0) is 4.79 Å². The number of hydrogen-bond acceptors (Lipinski definition) is 3. The van der Waals surface area contributed by atoms with Gasteiger partial charge < -0.3 is 5.11 Å². The third-order valence-electron chi connectivity index (χ3n) is 2.89. The van der Waals surface area contributed by atoms with Crippen molar-refractivity contribution < 1.29 is 9.90 Å². The molecule has 17 heavy (non-hydrogen) atoms. The molecule has 1 unspecified atom stereocenters. The van der Waals surface area contributed by atoms with Gasteiger partial charge in [-0.05, 0) is 25.5 Å². The Morgan fingerprint density at radius 3 is 2.59 bits per heavy atom. The van der Waals surface area contributed by atoms with Gasteiger partial charge in [-0.2, -0.15) is 0 Å². The number of allylic oxidation sites excluding steroid dienone is 1. The number of aliphatic hydroxyl groups is 1. The summed E-state index contributed by atoms with van der Waals surface area (Å²) in [6.07, 6.45) is 1.98. The van der Waals surface area contributed by atoms with Gasteiger partial charge in [-0.1, -0.05) is 18.2 Å². The van der Waals surface area contributed by atoms with Gasteiger partial charge in [0.15, 0.2) is 5.78 Å². The predicted octanol–water partition coefficient (Wildman–Crippen LogP) is 3.73. The van der Waals surface area contributed by atoms with Crippen LogP contribution in [0.5, 0.6) is 0 Å². The number of carbonyl (C=O) groups is 1. The second-order valence-corrected chi connectivity index (χ2v) is 5.62. The average Bonchev–Trinajstić information content (AvgIpc) is 2.30. The van der Waals surface area contributed by atoms with Crippen molar-refractivity contribution in [3.63, 3.8) is 0 Å². The van der Waals surface area contributed by atoms with Crippen LogP contribution in [0.25, 0.3) is 0 Å². The molecule has 0 aromatic heterocycles. The van der Waals surface area contributed by atoms with E-state index in [9.17, 15) is 9.90 Å². The first kappa shape index (κ1) is 12.2. The lowest BCUT2D eigenvalue weighted by Crippen LogP contribution is -2.19. The lowest BCUT2D eigenvalue weighted by Gasteiger charge is -2.20. The number of rotatable bonds is 3. The number of ketones is 1. The first-order chi connectivity index (χ1) is 8.18. The van der Waals surface area contributed by atoms with Gasteiger partial charge in [-0.15, -0.1) is 11.8 Å². The van der Waals surface area contributed by atoms with Gasteiger partial charge in [0, 0.05) is 28.6 Å². The Morgan fingerprint density at radius 1 is 1.24 bits per heavy atom. The van der Waals surface area contributed by atoms with Crippen molar-refractivity contribution in [2.45, 2.75) is 36.3 Å². The van der Waals surface area contributed by atoms with E-state index < -0.39 is 0 Å². The Bertz CT molecular complexity index is 437. The highest BCUT2D eigenvalue weighted by molar-refractivity contribution is 8.00. The summed E-state index contributed by atoms with van der Waals surface area (Å²) < 4.78 is 0. The van der Waals surface area contributed by atoms with E-state index in [-0.39, 0.29) is 16.8 Å². The van der Waals surface area contributed by atoms with E-state index in [0.717, 1.165) is 11.3 Å². The molecular weight excluding hydrogens is 232 g/mol. The summed E-state index contributed by atoms with van der Waals surface area (Å²) in [7, 11) is 0. The SMILES string of the molecule is CC(Sc1ccccc1)C1=C(O)CCCC1=O. The summed E-state index contributed by atoms with van der Waals surface area (Å²) in [6, 6.07) is 9.97. The molecule has 2 nitrogen and oxygen atoms in total. The van der Waals surface area contributed by atoms with Gasteiger partial charge in [0.05, 0.1) is 0 Å². The number of carbonyl (C=O) groups excluding carboxylic acids is 1. The molecule has 1 aromatic rings. The van der Waals surface area contributed by atoms with Gasteiger partial charge in [0.25, 0.3) is 0 Å². The summed E-state index contributed by atoms with van der Waals surface area (Å²) in [5, 5.41) is 9.85. The summed E-state index contributed by atoms with van der Waals surface area (Å²) in [6.45, 7) is 1.98. The monoisotopic (exact) mass is 248 g/mol. The number of hydrogen-bond donors (Lipinski definition) is 1. The molecule has 1 N–H and O–H groups in total. The minimum Gasteiger partial charge on any atom is -0.512 e. The largest absolute Gasteiger partial charge is 0.512 e. The van der Waals surface area contributed by atoms with Crippen molar-refractivity contribution in [1.29, 1.82) is 0 Å². The highest BCUT2D eigenvalue weighted by Gasteiger charge is 2.25. The first-order valence-electron chi connectivity index (χ1n) is 5.85. The summed E-state index contributed by atoms with van der Waals surface area (Å²) >= 11 is 1.62. The molecule has 0 heterocycles. The van der Waals surface area contributed by atoms with E-state index in [1.807, 2.05) is 37.3 Å². The van der Waals surface area contributed by atoms with Crippen molar-refractivity contribution in [3.05, 3.63) is 41.7 Å². The topological polar surface area (TPSA) is 37.3 Å². The third kappa shape index (κ3) is 2.91. The Morgan fingerprint density at radius 2 is 1.94 bits per heavy atom. The van der Waals surface area contributed by atoms with Crippen molar-refractivity contribution >= 4 is 17.5 Å². The van der Waals surface area contributed by atoms with E-state index in [1.165, 1.54) is 0 Å². The first-order valence-corrected chi connectivity index (χ1v) is 6.73. The lowest BCUT2D eigenvalue weighted by atomic mass is 9.94. The van der Waals surface area contributed by atoms with Crippen molar-refractivity contribution in [2.24, 2.45) is 0 Å². The molecule has 0 amide bonds. The second-order valence-electron chi connectivity index (χ2n) is 4.21. The fourth-order valence-corrected chi connectivity index (χ4v) is 3.18. The highest BCUT2D eigenvalue weighted by atomic mass is 32.2. The quantitative estimate of drug-likeness (QED) is 0.828. The fraction of sp³-hybridized carbons (Fsp3) is 0.357. The molecular formula is C14H16O2S. The molecule has 0 aliphatic heterocycles. The number of benzene rings is 1. The smallest absolute Gasteiger partial charge is 0.163 e. The predicted molar refractivity (Wildman–Crippen MR) is 70.3 cm³/mol. The molecule has 1 aromatic carbocycles. The third-order valence-corrected chi connectivity index (χ3v) is 4.02. The van der Waals surface area contributed by atoms with E-state index in [0.29, 0.717) is 18.4 Å². The van der Waals surface area contributed by atoms with Crippen molar-refractivity contribution in [1.82, 2.24) is 0 Å². The van der Waals surface area contributed by atoms with Crippen LogP contribution in [0.15, 0.2) is 46.6 Å². The molecule has 0 fully saturated rings. The molecule has 1 aliphatic rings. The number of Topliss-reactive ketones (excluding diaryl/α,β-unsaturated/α-hetero) is 1. The average molecular weight is 248 g/mol. The van der Waals surface area contributed by atoms with E-state index >= 15 is 0 Å². The number of thioether (sulfide) groups is 1. The van der Waals surface area contributed by atoms with Gasteiger partial charge >= 0.3 is 0 Å². The molecule has 0 saturated heterocycles. The van der Waals surface area contributed by atoms with E-state index in [4.69, 9.17) is 0 Å². The summed E-state index contributed by atoms with van der Waals surface area (Å²) in [4.78, 5) is 12.9. The molecule has 0 radical (unpaired) electrons. The van der Waals surface area contributed by atoms with E-state index in [2.05, 4.69) is 0 Å². The molecule has 0 saturated carbocycles. The van der Waals surface area contributed by atoms with Crippen LogP contribution in [0, 0.1) is 0 Å². The zero-order chi connectivity index (χ0) is 12.3. The molecule has 2 rings (SSSR count). The Labute approximate surface area is 106 Å². The highest BCUT2D eigenvalue weighted by Crippen LogP contribution is 2.32. The maximum absolute atomic E-state index is 11.8. The fourth-order valence-electron chi connectivity index (χ4n) is 2.07. The van der Waals surface area contributed by atoms with Gasteiger partial charge in [-0.3, -0.25) is 4.79 Å². The molecule has 3 heteroatoms. The zero-order valence-electron chi connectivity index (χ0n) is 9.85. The standard InChI is InChI=1S/C14H16O2S/c1-10(17-11-6-3-2-4-7-11)14-12(15)8-5-9-13(14)16/h2-4,6-7,10,15H,5,8-9H2,1H3. The van der Waals surface area contributed by atoms with Crippen molar-refractivity contribution in [3.8, 4) is 0 Å². The maximum Gasteiger partial charge on any atom is 0.163 e. The van der Waals surface area contributed by atoms with Crippen LogP contribution in [0.4, 0.5) is 0 Å². The Hall–Kier alpha value is -1.22. The second kappa shape index (κ2) is 5.41. The molecule has 1 atom stereocenters.